The Bertz CT molecular complexity index is 618. The molecule has 5 heteroatoms. The third-order valence-corrected chi connectivity index (χ3v) is 5.89. The van der Waals surface area contributed by atoms with E-state index in [0.29, 0.717) is 6.54 Å². The molecule has 138 valence electrons. The number of amides is 1. The monoisotopic (exact) mass is 348 g/mol. The van der Waals surface area contributed by atoms with Gasteiger partial charge in [-0.2, -0.15) is 0 Å². The van der Waals surface area contributed by atoms with Crippen molar-refractivity contribution in [3.8, 4) is 5.75 Å². The van der Waals surface area contributed by atoms with Gasteiger partial charge in [-0.3, -0.25) is 4.79 Å². The lowest BCUT2D eigenvalue weighted by Gasteiger charge is -2.39. The number of hydrogen-bond donors (Lipinski definition) is 0. The van der Waals surface area contributed by atoms with E-state index < -0.39 is 0 Å². The van der Waals surface area contributed by atoms with E-state index in [0.717, 1.165) is 49.4 Å². The van der Waals surface area contributed by atoms with Crippen LogP contribution in [0.15, 0.2) is 18.2 Å². The minimum absolute atomic E-state index is 0.0432. The number of ether oxygens (including phenoxy) is 1. The lowest BCUT2D eigenvalue weighted by atomic mass is 9.73. The molecule has 1 heterocycles. The van der Waals surface area contributed by atoms with Gasteiger partial charge in [0.2, 0.25) is 5.91 Å². The van der Waals surface area contributed by atoms with Crippen molar-refractivity contribution in [3.63, 3.8) is 0 Å². The summed E-state index contributed by atoms with van der Waals surface area (Å²) in [7, 11) is 1.67. The fourth-order valence-corrected chi connectivity index (χ4v) is 4.82. The SMILES string of the molecule is CCN(CC)C(=O)[C@H]1CCCC2C1c1c(OC)cccc1N2CCF. The standard InChI is InChI=1S/C20H29FN2O2/c1-4-22(5-2)20(24)14-8-6-9-15-18(14)19-16(23(15)13-12-21)10-7-11-17(19)25-3/h7,10-11,14-15,18H,4-6,8-9,12-13H2,1-3H3/t14-,15?,18?/m0/s1. The van der Waals surface area contributed by atoms with Gasteiger partial charge < -0.3 is 14.5 Å². The highest BCUT2D eigenvalue weighted by molar-refractivity contribution is 5.82. The summed E-state index contributed by atoms with van der Waals surface area (Å²) >= 11 is 0. The van der Waals surface area contributed by atoms with Crippen LogP contribution in [0.1, 0.15) is 44.6 Å². The number of halogens is 1. The Balaban J connectivity index is 2.04. The molecule has 0 bridgehead atoms. The first-order valence-electron chi connectivity index (χ1n) is 9.46. The number of nitrogens with zero attached hydrogens (tertiary/aromatic N) is 2. The topological polar surface area (TPSA) is 32.8 Å². The van der Waals surface area contributed by atoms with Crippen LogP contribution in [0.2, 0.25) is 0 Å². The van der Waals surface area contributed by atoms with E-state index in [2.05, 4.69) is 4.90 Å². The van der Waals surface area contributed by atoms with Crippen LogP contribution >= 0.6 is 0 Å². The number of carbonyl (C=O) groups is 1. The second kappa shape index (κ2) is 7.63. The van der Waals surface area contributed by atoms with Crippen molar-refractivity contribution in [1.29, 1.82) is 0 Å². The van der Waals surface area contributed by atoms with E-state index in [9.17, 15) is 9.18 Å². The first kappa shape index (κ1) is 18.0. The molecule has 1 aliphatic carbocycles. The molecule has 0 N–H and O–H groups in total. The first-order valence-corrected chi connectivity index (χ1v) is 9.46. The summed E-state index contributed by atoms with van der Waals surface area (Å²) in [5.41, 5.74) is 2.15. The fraction of sp³-hybridized carbons (Fsp3) is 0.650. The molecule has 3 atom stereocenters. The van der Waals surface area contributed by atoms with Crippen LogP contribution in [0, 0.1) is 5.92 Å². The Hall–Kier alpha value is -1.78. The minimum Gasteiger partial charge on any atom is -0.496 e. The molecule has 2 aliphatic rings. The highest BCUT2D eigenvalue weighted by atomic mass is 19.1. The van der Waals surface area contributed by atoms with E-state index in [1.165, 1.54) is 0 Å². The molecule has 4 nitrogen and oxygen atoms in total. The summed E-state index contributed by atoms with van der Waals surface area (Å²) in [4.78, 5) is 17.3. The number of benzene rings is 1. The molecule has 1 amide bonds. The van der Waals surface area contributed by atoms with Crippen molar-refractivity contribution >= 4 is 11.6 Å². The van der Waals surface area contributed by atoms with Crippen LogP contribution < -0.4 is 9.64 Å². The number of anilines is 1. The third kappa shape index (κ3) is 2.98. The van der Waals surface area contributed by atoms with Gasteiger partial charge in [-0.1, -0.05) is 12.5 Å². The summed E-state index contributed by atoms with van der Waals surface area (Å²) < 4.78 is 18.9. The van der Waals surface area contributed by atoms with Crippen LogP contribution in [-0.2, 0) is 4.79 Å². The molecular formula is C20H29FN2O2. The van der Waals surface area contributed by atoms with E-state index >= 15 is 0 Å². The van der Waals surface area contributed by atoms with Gasteiger partial charge in [0, 0.05) is 48.8 Å². The van der Waals surface area contributed by atoms with Gasteiger partial charge in [-0.05, 0) is 38.8 Å². The van der Waals surface area contributed by atoms with Crippen molar-refractivity contribution in [2.24, 2.45) is 5.92 Å². The molecule has 1 saturated carbocycles. The number of fused-ring (bicyclic) bond motifs is 3. The van der Waals surface area contributed by atoms with Crippen molar-refractivity contribution in [3.05, 3.63) is 23.8 Å². The van der Waals surface area contributed by atoms with Gasteiger partial charge in [0.15, 0.2) is 0 Å². The molecule has 1 aliphatic heterocycles. The zero-order valence-corrected chi connectivity index (χ0v) is 15.5. The number of rotatable bonds is 6. The Labute approximate surface area is 149 Å². The van der Waals surface area contributed by atoms with E-state index in [-0.39, 0.29) is 30.5 Å². The molecule has 0 aromatic heterocycles. The lowest BCUT2D eigenvalue weighted by Crippen LogP contribution is -2.46. The summed E-state index contributed by atoms with van der Waals surface area (Å²) in [6.45, 7) is 5.52. The predicted molar refractivity (Wildman–Crippen MR) is 98.1 cm³/mol. The van der Waals surface area contributed by atoms with Gasteiger partial charge in [0.05, 0.1) is 7.11 Å². The third-order valence-electron chi connectivity index (χ3n) is 5.89. The van der Waals surface area contributed by atoms with Gasteiger partial charge in [-0.15, -0.1) is 0 Å². The molecule has 1 aromatic rings. The molecule has 1 fully saturated rings. The van der Waals surface area contributed by atoms with E-state index in [4.69, 9.17) is 4.74 Å². The first-order chi connectivity index (χ1) is 12.2. The molecule has 3 rings (SSSR count). The average Bonchev–Trinajstić information content (AvgIpc) is 2.97. The Morgan fingerprint density at radius 1 is 1.32 bits per heavy atom. The summed E-state index contributed by atoms with van der Waals surface area (Å²) in [6, 6.07) is 6.16. The zero-order valence-electron chi connectivity index (χ0n) is 15.5. The molecule has 2 unspecified atom stereocenters. The maximum Gasteiger partial charge on any atom is 0.226 e. The minimum atomic E-state index is -0.380. The van der Waals surface area contributed by atoms with Crippen LogP contribution in [0.25, 0.3) is 0 Å². The quantitative estimate of drug-likeness (QED) is 0.787. The Kier molecular flexibility index (Phi) is 5.50. The van der Waals surface area contributed by atoms with Crippen molar-refractivity contribution in [1.82, 2.24) is 4.90 Å². The number of carbonyl (C=O) groups excluding carboxylic acids is 1. The maximum absolute atomic E-state index is 13.2. The van der Waals surface area contributed by atoms with E-state index in [1.807, 2.05) is 36.9 Å². The number of methoxy groups -OCH3 is 1. The summed E-state index contributed by atoms with van der Waals surface area (Å²) in [5.74, 6) is 1.12. The van der Waals surface area contributed by atoms with Crippen LogP contribution in [-0.4, -0.2) is 50.3 Å². The second-order valence-corrected chi connectivity index (χ2v) is 6.92. The van der Waals surface area contributed by atoms with Crippen molar-refractivity contribution in [2.45, 2.75) is 45.1 Å². The zero-order chi connectivity index (χ0) is 18.0. The molecule has 0 saturated heterocycles. The van der Waals surface area contributed by atoms with E-state index in [1.54, 1.807) is 7.11 Å². The predicted octanol–water partition coefficient (Wildman–Crippen LogP) is 3.61. The largest absolute Gasteiger partial charge is 0.496 e. The number of hydrogen-bond acceptors (Lipinski definition) is 3. The van der Waals surface area contributed by atoms with Gasteiger partial charge in [0.25, 0.3) is 0 Å². The summed E-state index contributed by atoms with van der Waals surface area (Å²) in [6.07, 6.45) is 2.92. The molecule has 1 aromatic carbocycles. The van der Waals surface area contributed by atoms with Crippen LogP contribution in [0.5, 0.6) is 5.75 Å². The fourth-order valence-electron chi connectivity index (χ4n) is 4.82. The number of alkyl halides is 1. The van der Waals surface area contributed by atoms with Crippen molar-refractivity contribution < 1.29 is 13.9 Å². The summed E-state index contributed by atoms with van der Waals surface area (Å²) in [5, 5.41) is 0. The Morgan fingerprint density at radius 3 is 2.72 bits per heavy atom. The average molecular weight is 348 g/mol. The second-order valence-electron chi connectivity index (χ2n) is 6.92. The molecular weight excluding hydrogens is 319 g/mol. The highest BCUT2D eigenvalue weighted by Crippen LogP contribution is 2.53. The molecule has 0 spiro atoms. The van der Waals surface area contributed by atoms with Crippen LogP contribution in [0.4, 0.5) is 10.1 Å². The smallest absolute Gasteiger partial charge is 0.226 e. The van der Waals surface area contributed by atoms with Crippen molar-refractivity contribution in [2.75, 3.05) is 38.3 Å². The van der Waals surface area contributed by atoms with Gasteiger partial charge in [0.1, 0.15) is 12.4 Å². The normalized spacial score (nSPS) is 24.6. The van der Waals surface area contributed by atoms with Gasteiger partial charge in [-0.25, -0.2) is 4.39 Å². The van der Waals surface area contributed by atoms with Crippen LogP contribution in [0.3, 0.4) is 0 Å². The highest BCUT2D eigenvalue weighted by Gasteiger charge is 2.48. The maximum atomic E-state index is 13.2. The Morgan fingerprint density at radius 2 is 2.08 bits per heavy atom. The lowest BCUT2D eigenvalue weighted by molar-refractivity contribution is -0.137. The molecule has 25 heavy (non-hydrogen) atoms. The van der Waals surface area contributed by atoms with Gasteiger partial charge >= 0.3 is 0 Å². The molecule has 0 radical (unpaired) electrons.